The topological polar surface area (TPSA) is 88.1 Å². The van der Waals surface area contributed by atoms with E-state index in [1.165, 1.54) is 35.6 Å². The fourth-order valence-electron chi connectivity index (χ4n) is 2.83. The average Bonchev–Trinajstić information content (AvgIpc) is 3.32. The van der Waals surface area contributed by atoms with Crippen molar-refractivity contribution in [3.63, 3.8) is 0 Å². The van der Waals surface area contributed by atoms with Crippen molar-refractivity contribution < 1.29 is 17.9 Å². The van der Waals surface area contributed by atoms with Crippen LogP contribution in [-0.4, -0.2) is 33.2 Å². The molecular weight excluding hydrogens is 470 g/mol. The average molecular weight is 492 g/mol. The Morgan fingerprint density at radius 2 is 1.84 bits per heavy atom. The molecular formula is C22H22ClN3O4S2. The summed E-state index contributed by atoms with van der Waals surface area (Å²) < 4.78 is 33.6. The highest BCUT2D eigenvalue weighted by Gasteiger charge is 2.29. The highest BCUT2D eigenvalue weighted by Crippen LogP contribution is 2.32. The van der Waals surface area contributed by atoms with Crippen molar-refractivity contribution in [2.75, 3.05) is 17.5 Å². The molecule has 32 heavy (non-hydrogen) atoms. The monoisotopic (exact) mass is 491 g/mol. The Bertz CT molecular complexity index is 1190. The van der Waals surface area contributed by atoms with Crippen LogP contribution in [0.5, 0.6) is 5.75 Å². The van der Waals surface area contributed by atoms with E-state index in [9.17, 15) is 13.2 Å². The van der Waals surface area contributed by atoms with E-state index in [-0.39, 0.29) is 10.6 Å². The van der Waals surface area contributed by atoms with Gasteiger partial charge in [-0.2, -0.15) is 5.10 Å². The number of para-hydroxylation sites is 2. The largest absolute Gasteiger partial charge is 0.492 e. The molecule has 0 atom stereocenters. The van der Waals surface area contributed by atoms with Crippen molar-refractivity contribution in [2.24, 2.45) is 5.10 Å². The number of rotatable bonds is 9. The van der Waals surface area contributed by atoms with Gasteiger partial charge in [-0.3, -0.25) is 9.10 Å². The fraction of sp³-hybridized carbons (Fsp3) is 0.182. The number of hydrogen-bond donors (Lipinski definition) is 1. The predicted octanol–water partition coefficient (Wildman–Crippen LogP) is 4.54. The number of hydrogen-bond acceptors (Lipinski definition) is 6. The summed E-state index contributed by atoms with van der Waals surface area (Å²) in [6.45, 7) is 3.40. The van der Waals surface area contributed by atoms with Crippen molar-refractivity contribution in [3.05, 3.63) is 75.9 Å². The number of thiophene rings is 1. The van der Waals surface area contributed by atoms with Crippen LogP contribution in [0.15, 0.2) is 76.0 Å². The molecule has 0 saturated heterocycles. The lowest BCUT2D eigenvalue weighted by atomic mass is 10.3. The molecule has 0 aliphatic heterocycles. The summed E-state index contributed by atoms with van der Waals surface area (Å²) in [5, 5.41) is 6.40. The lowest BCUT2D eigenvalue weighted by molar-refractivity contribution is -0.119. The smallest absolute Gasteiger partial charge is 0.264 e. The molecule has 7 nitrogen and oxygen atoms in total. The number of anilines is 1. The summed E-state index contributed by atoms with van der Waals surface area (Å²) in [7, 11) is -4.10. The zero-order chi connectivity index (χ0) is 23.1. The molecule has 0 aliphatic carbocycles. The minimum absolute atomic E-state index is 0.000677. The molecule has 0 bridgehead atoms. The zero-order valence-electron chi connectivity index (χ0n) is 17.5. The van der Waals surface area contributed by atoms with Gasteiger partial charge in [0.1, 0.15) is 12.3 Å². The third kappa shape index (κ3) is 5.67. The lowest BCUT2D eigenvalue weighted by Crippen LogP contribution is -2.40. The minimum atomic E-state index is -4.10. The molecule has 0 spiro atoms. The molecule has 0 saturated carbocycles. The van der Waals surface area contributed by atoms with Crippen LogP contribution in [-0.2, 0) is 14.8 Å². The summed E-state index contributed by atoms with van der Waals surface area (Å²) in [5.74, 6) is -0.247. The molecule has 3 rings (SSSR count). The number of sulfonamides is 1. The third-order valence-corrected chi connectivity index (χ3v) is 7.35. The number of halogens is 1. The number of nitrogens with zero attached hydrogens (tertiary/aromatic N) is 2. The zero-order valence-corrected chi connectivity index (χ0v) is 19.9. The SMILES string of the molecule is CCOc1ccccc1N(CC(=O)N/N=C(/C)c1cccs1)S(=O)(=O)c1ccc(Cl)cc1. The predicted molar refractivity (Wildman–Crippen MR) is 128 cm³/mol. The molecule has 1 heterocycles. The van der Waals surface area contributed by atoms with Gasteiger partial charge in [-0.1, -0.05) is 29.8 Å². The third-order valence-electron chi connectivity index (χ3n) is 4.35. The first-order chi connectivity index (χ1) is 15.3. The molecule has 1 amide bonds. The van der Waals surface area contributed by atoms with E-state index >= 15 is 0 Å². The second-order valence-corrected chi connectivity index (χ2v) is 9.82. The van der Waals surface area contributed by atoms with Crippen molar-refractivity contribution >= 4 is 50.3 Å². The van der Waals surface area contributed by atoms with E-state index in [0.717, 1.165) is 9.18 Å². The van der Waals surface area contributed by atoms with Crippen LogP contribution in [0.4, 0.5) is 5.69 Å². The molecule has 168 valence electrons. The molecule has 10 heteroatoms. The normalized spacial score (nSPS) is 11.8. The van der Waals surface area contributed by atoms with E-state index in [4.69, 9.17) is 16.3 Å². The molecule has 0 aliphatic rings. The summed E-state index contributed by atoms with van der Waals surface area (Å²) in [6.07, 6.45) is 0. The maximum absolute atomic E-state index is 13.5. The highest BCUT2D eigenvalue weighted by molar-refractivity contribution is 7.92. The number of ether oxygens (including phenoxy) is 1. The number of carbonyl (C=O) groups excluding carboxylic acids is 1. The summed E-state index contributed by atoms with van der Waals surface area (Å²) in [4.78, 5) is 13.6. The van der Waals surface area contributed by atoms with Crippen LogP contribution < -0.4 is 14.5 Å². The molecule has 0 fully saturated rings. The van der Waals surface area contributed by atoms with E-state index in [0.29, 0.717) is 23.1 Å². The van der Waals surface area contributed by atoms with Crippen LogP contribution in [0.1, 0.15) is 18.7 Å². The van der Waals surface area contributed by atoms with Crippen LogP contribution in [0.25, 0.3) is 0 Å². The Labute approximate surface area is 196 Å². The molecule has 3 aromatic rings. The van der Waals surface area contributed by atoms with Crippen molar-refractivity contribution in [3.8, 4) is 5.75 Å². The molecule has 1 N–H and O–H groups in total. The lowest BCUT2D eigenvalue weighted by Gasteiger charge is -2.25. The molecule has 2 aromatic carbocycles. The first-order valence-electron chi connectivity index (χ1n) is 9.70. The van der Waals surface area contributed by atoms with Crippen LogP contribution in [0, 0.1) is 0 Å². The summed E-state index contributed by atoms with van der Waals surface area (Å²) in [6, 6.07) is 16.2. The van der Waals surface area contributed by atoms with Crippen molar-refractivity contribution in [2.45, 2.75) is 18.7 Å². The van der Waals surface area contributed by atoms with Crippen molar-refractivity contribution in [1.82, 2.24) is 5.43 Å². The van der Waals surface area contributed by atoms with Gasteiger partial charge in [0.15, 0.2) is 0 Å². The molecule has 1 aromatic heterocycles. The van der Waals surface area contributed by atoms with Gasteiger partial charge in [0.25, 0.3) is 15.9 Å². The van der Waals surface area contributed by atoms with Gasteiger partial charge < -0.3 is 4.74 Å². The minimum Gasteiger partial charge on any atom is -0.492 e. The molecule has 0 unspecified atom stereocenters. The first-order valence-corrected chi connectivity index (χ1v) is 12.4. The second kappa shape index (κ2) is 10.6. The Morgan fingerprint density at radius 1 is 1.12 bits per heavy atom. The van der Waals surface area contributed by atoms with E-state index in [1.54, 1.807) is 38.1 Å². The van der Waals surface area contributed by atoms with Crippen molar-refractivity contribution in [1.29, 1.82) is 0 Å². The number of amides is 1. The second-order valence-electron chi connectivity index (χ2n) is 6.58. The number of benzene rings is 2. The Balaban J connectivity index is 1.95. The summed E-state index contributed by atoms with van der Waals surface area (Å²) >= 11 is 7.40. The van der Waals surface area contributed by atoms with Gasteiger partial charge in [0.05, 0.1) is 22.9 Å². The van der Waals surface area contributed by atoms with E-state index in [1.807, 2.05) is 17.5 Å². The number of nitrogens with one attached hydrogen (secondary N) is 1. The number of carbonyl (C=O) groups is 1. The van der Waals surface area contributed by atoms with Crippen LogP contribution >= 0.6 is 22.9 Å². The van der Waals surface area contributed by atoms with Gasteiger partial charge in [-0.25, -0.2) is 13.8 Å². The highest BCUT2D eigenvalue weighted by atomic mass is 35.5. The quantitative estimate of drug-likeness (QED) is 0.351. The molecule has 0 radical (unpaired) electrons. The van der Waals surface area contributed by atoms with Gasteiger partial charge in [-0.15, -0.1) is 11.3 Å². The summed E-state index contributed by atoms with van der Waals surface area (Å²) in [5.41, 5.74) is 3.31. The van der Waals surface area contributed by atoms with Gasteiger partial charge in [-0.05, 0) is 61.7 Å². The standard InChI is InChI=1S/C22H22ClN3O4S2/c1-3-30-20-8-5-4-7-19(20)26(32(28,29)18-12-10-17(23)11-13-18)15-22(27)25-24-16(2)21-9-6-14-31-21/h4-14H,3,15H2,1-2H3,(H,25,27)/b24-16-. The van der Waals surface area contributed by atoms with Crippen LogP contribution in [0.3, 0.4) is 0 Å². The first kappa shape index (κ1) is 23.8. The maximum Gasteiger partial charge on any atom is 0.264 e. The number of hydrazone groups is 1. The fourth-order valence-corrected chi connectivity index (χ4v) is 5.06. The Morgan fingerprint density at radius 3 is 2.50 bits per heavy atom. The van der Waals surface area contributed by atoms with Gasteiger partial charge >= 0.3 is 0 Å². The Kier molecular flexibility index (Phi) is 7.89. The van der Waals surface area contributed by atoms with E-state index in [2.05, 4.69) is 10.5 Å². The maximum atomic E-state index is 13.5. The van der Waals surface area contributed by atoms with Gasteiger partial charge in [0, 0.05) is 9.90 Å². The Hall–Kier alpha value is -2.88. The van der Waals surface area contributed by atoms with E-state index < -0.39 is 22.5 Å². The van der Waals surface area contributed by atoms with Gasteiger partial charge in [0.2, 0.25) is 0 Å². The van der Waals surface area contributed by atoms with Crippen LogP contribution in [0.2, 0.25) is 5.02 Å².